The zero-order valence-electron chi connectivity index (χ0n) is 18.9. The predicted octanol–water partition coefficient (Wildman–Crippen LogP) is 3.34. The third-order valence-electron chi connectivity index (χ3n) is 5.99. The lowest BCUT2D eigenvalue weighted by Crippen LogP contribution is -2.54. The number of methoxy groups -OCH3 is 1. The van der Waals surface area contributed by atoms with Gasteiger partial charge in [-0.3, -0.25) is 9.59 Å². The van der Waals surface area contributed by atoms with Crippen LogP contribution in [0.2, 0.25) is 0 Å². The monoisotopic (exact) mass is 460 g/mol. The molecule has 0 heterocycles. The summed E-state index contributed by atoms with van der Waals surface area (Å²) in [5.74, 6) is -2.47. The molecule has 6 nitrogen and oxygen atoms in total. The topological polar surface area (TPSA) is 84.5 Å². The molecule has 4 rings (SSSR count). The normalized spacial score (nSPS) is 13.9. The Hall–Kier alpha value is -4.00. The largest absolute Gasteiger partial charge is 0.467 e. The van der Waals surface area contributed by atoms with Crippen LogP contribution < -0.4 is 10.6 Å². The van der Waals surface area contributed by atoms with Gasteiger partial charge in [-0.15, -0.1) is 0 Å². The summed E-state index contributed by atoms with van der Waals surface area (Å²) in [6.45, 7) is 1.30. The molecule has 0 spiro atoms. The number of benzene rings is 3. The fraction of sp³-hybridized carbons (Fsp3) is 0.222. The maximum atomic E-state index is 13.7. The van der Waals surface area contributed by atoms with Crippen LogP contribution in [0.25, 0.3) is 11.1 Å². The summed E-state index contributed by atoms with van der Waals surface area (Å²) < 4.78 is 18.7. The number of rotatable bonds is 7. The molecule has 0 radical (unpaired) electrons. The highest BCUT2D eigenvalue weighted by molar-refractivity contribution is 5.92. The van der Waals surface area contributed by atoms with Gasteiger partial charge in [-0.25, -0.2) is 9.18 Å². The quantitative estimate of drug-likeness (QED) is 0.530. The molecular weight excluding hydrogens is 435 g/mol. The van der Waals surface area contributed by atoms with Gasteiger partial charge in [-0.05, 0) is 39.9 Å². The molecule has 34 heavy (non-hydrogen) atoms. The number of nitrogens with one attached hydrogen (secondary N) is 2. The molecule has 0 fully saturated rings. The molecule has 0 aromatic heterocycles. The van der Waals surface area contributed by atoms with Crippen LogP contribution in [-0.4, -0.2) is 37.0 Å². The van der Waals surface area contributed by atoms with Crippen molar-refractivity contribution in [2.24, 2.45) is 0 Å². The van der Waals surface area contributed by atoms with E-state index >= 15 is 0 Å². The van der Waals surface area contributed by atoms with Crippen molar-refractivity contribution in [3.8, 4) is 11.1 Å². The molecule has 0 saturated carbocycles. The van der Waals surface area contributed by atoms with Crippen LogP contribution in [0.3, 0.4) is 0 Å². The van der Waals surface area contributed by atoms with E-state index in [1.54, 1.807) is 6.07 Å². The highest BCUT2D eigenvalue weighted by atomic mass is 19.1. The Morgan fingerprint density at radius 1 is 0.912 bits per heavy atom. The molecule has 0 saturated heterocycles. The lowest BCUT2D eigenvalue weighted by atomic mass is 9.89. The van der Waals surface area contributed by atoms with Gasteiger partial charge in [0.25, 0.3) is 0 Å². The molecule has 3 aromatic rings. The summed E-state index contributed by atoms with van der Waals surface area (Å²) in [6, 6.07) is 19.3. The van der Waals surface area contributed by atoms with Crippen LogP contribution in [0.5, 0.6) is 0 Å². The lowest BCUT2D eigenvalue weighted by Gasteiger charge is -2.27. The van der Waals surface area contributed by atoms with E-state index in [9.17, 15) is 18.8 Å². The first kappa shape index (κ1) is 23.2. The molecule has 1 aliphatic rings. The summed E-state index contributed by atoms with van der Waals surface area (Å²) >= 11 is 0. The Kier molecular flexibility index (Phi) is 6.72. The first-order valence-electron chi connectivity index (χ1n) is 11.0. The van der Waals surface area contributed by atoms with Crippen molar-refractivity contribution >= 4 is 17.8 Å². The second-order valence-corrected chi connectivity index (χ2v) is 8.25. The smallest absolute Gasteiger partial charge is 0.329 e. The number of halogens is 1. The third-order valence-corrected chi connectivity index (χ3v) is 5.99. The van der Waals surface area contributed by atoms with E-state index in [1.807, 2.05) is 48.5 Å². The summed E-state index contributed by atoms with van der Waals surface area (Å²) in [4.78, 5) is 38.1. The van der Waals surface area contributed by atoms with Crippen LogP contribution in [0.1, 0.15) is 29.5 Å². The molecule has 174 valence electrons. The van der Waals surface area contributed by atoms with E-state index in [1.165, 1.54) is 32.2 Å². The minimum absolute atomic E-state index is 0.0644. The van der Waals surface area contributed by atoms with E-state index in [0.717, 1.165) is 22.3 Å². The minimum atomic E-state index is -1.02. The molecule has 2 amide bonds. The number of fused-ring (bicyclic) bond motifs is 3. The highest BCUT2D eigenvalue weighted by Gasteiger charge is 2.40. The van der Waals surface area contributed by atoms with Crippen molar-refractivity contribution in [1.29, 1.82) is 0 Å². The second-order valence-electron chi connectivity index (χ2n) is 8.25. The zero-order chi connectivity index (χ0) is 24.2. The number of esters is 1. The fourth-order valence-corrected chi connectivity index (χ4v) is 4.57. The van der Waals surface area contributed by atoms with Gasteiger partial charge in [0.05, 0.1) is 7.11 Å². The number of amides is 2. The second kappa shape index (κ2) is 9.87. The van der Waals surface area contributed by atoms with Crippen molar-refractivity contribution in [2.45, 2.75) is 31.3 Å². The zero-order valence-corrected chi connectivity index (χ0v) is 18.9. The Bertz CT molecular complexity index is 1200. The van der Waals surface area contributed by atoms with Crippen LogP contribution in [-0.2, 0) is 25.5 Å². The SMILES string of the molecule is COC(=O)[C@@H](NC(=O)[C@H](Cc1cccc(F)c1)NC(C)=O)C1c2ccccc2-c2ccccc21. The van der Waals surface area contributed by atoms with E-state index < -0.39 is 41.6 Å². The molecule has 0 aliphatic heterocycles. The summed E-state index contributed by atoms with van der Waals surface area (Å²) in [5.41, 5.74) is 4.33. The number of carbonyl (C=O) groups is 3. The first-order chi connectivity index (χ1) is 16.4. The van der Waals surface area contributed by atoms with Crippen molar-refractivity contribution in [2.75, 3.05) is 7.11 Å². The van der Waals surface area contributed by atoms with E-state index in [0.29, 0.717) is 5.56 Å². The van der Waals surface area contributed by atoms with Crippen LogP contribution in [0.15, 0.2) is 72.8 Å². The average molecular weight is 461 g/mol. The van der Waals surface area contributed by atoms with Gasteiger partial charge >= 0.3 is 5.97 Å². The molecule has 1 aliphatic carbocycles. The first-order valence-corrected chi connectivity index (χ1v) is 11.0. The van der Waals surface area contributed by atoms with Gasteiger partial charge in [0.15, 0.2) is 0 Å². The molecule has 7 heteroatoms. The van der Waals surface area contributed by atoms with Gasteiger partial charge in [0.2, 0.25) is 11.8 Å². The molecule has 2 atom stereocenters. The van der Waals surface area contributed by atoms with Gasteiger partial charge in [-0.1, -0.05) is 60.7 Å². The molecule has 2 N–H and O–H groups in total. The third kappa shape index (κ3) is 4.69. The lowest BCUT2D eigenvalue weighted by molar-refractivity contribution is -0.145. The number of carbonyl (C=O) groups excluding carboxylic acids is 3. The van der Waals surface area contributed by atoms with Gasteiger partial charge in [0.1, 0.15) is 17.9 Å². The predicted molar refractivity (Wildman–Crippen MR) is 125 cm³/mol. The van der Waals surface area contributed by atoms with Crippen molar-refractivity contribution in [3.63, 3.8) is 0 Å². The Morgan fingerprint density at radius 3 is 2.09 bits per heavy atom. The van der Waals surface area contributed by atoms with Crippen LogP contribution in [0, 0.1) is 5.82 Å². The number of hydrogen-bond donors (Lipinski definition) is 2. The summed E-state index contributed by atoms with van der Waals surface area (Å²) in [6.07, 6.45) is 0.0644. The molecule has 0 unspecified atom stereocenters. The Balaban J connectivity index is 1.67. The van der Waals surface area contributed by atoms with Crippen molar-refractivity contribution in [3.05, 3.63) is 95.3 Å². The molecule has 3 aromatic carbocycles. The molecule has 0 bridgehead atoms. The van der Waals surface area contributed by atoms with E-state index in [4.69, 9.17) is 4.74 Å². The van der Waals surface area contributed by atoms with Crippen molar-refractivity contribution < 1.29 is 23.5 Å². The van der Waals surface area contributed by atoms with Crippen LogP contribution in [0.4, 0.5) is 4.39 Å². The standard InChI is InChI=1S/C27H25FN2O4/c1-16(31)29-23(15-17-8-7-9-18(28)14-17)26(32)30-25(27(33)34-2)24-21-12-5-3-10-19(21)20-11-4-6-13-22(20)24/h3-14,23-25H,15H2,1-2H3,(H,29,31)(H,30,32)/t23-,25-/m0/s1. The maximum Gasteiger partial charge on any atom is 0.329 e. The highest BCUT2D eigenvalue weighted by Crippen LogP contribution is 2.46. The Morgan fingerprint density at radius 2 is 1.53 bits per heavy atom. The number of hydrogen-bond acceptors (Lipinski definition) is 4. The summed E-state index contributed by atoms with van der Waals surface area (Å²) in [5, 5.41) is 5.42. The van der Waals surface area contributed by atoms with Gasteiger partial charge < -0.3 is 15.4 Å². The van der Waals surface area contributed by atoms with Gasteiger partial charge in [-0.2, -0.15) is 0 Å². The minimum Gasteiger partial charge on any atom is -0.467 e. The number of ether oxygens (including phenoxy) is 1. The Labute approximate surface area is 197 Å². The van der Waals surface area contributed by atoms with E-state index in [-0.39, 0.29) is 6.42 Å². The maximum absolute atomic E-state index is 13.7. The molecular formula is C27H25FN2O4. The van der Waals surface area contributed by atoms with Crippen molar-refractivity contribution in [1.82, 2.24) is 10.6 Å². The van der Waals surface area contributed by atoms with E-state index in [2.05, 4.69) is 10.6 Å². The van der Waals surface area contributed by atoms with Crippen LogP contribution >= 0.6 is 0 Å². The fourth-order valence-electron chi connectivity index (χ4n) is 4.57. The van der Waals surface area contributed by atoms with Gasteiger partial charge in [0, 0.05) is 19.3 Å². The average Bonchev–Trinajstić information content (AvgIpc) is 3.15. The summed E-state index contributed by atoms with van der Waals surface area (Å²) in [7, 11) is 1.27.